The number of aromatic nitrogens is 8. The molecule has 6 atom stereocenters. The number of fused-ring (bicyclic) bond motifs is 4. The van der Waals surface area contributed by atoms with Crippen LogP contribution in [0.2, 0.25) is 0 Å². The van der Waals surface area contributed by atoms with Crippen LogP contribution in [0.15, 0.2) is 84.9 Å². The van der Waals surface area contributed by atoms with Crippen molar-refractivity contribution in [3.05, 3.63) is 165 Å². The number of hydrogen-bond acceptors (Lipinski definition) is 18. The van der Waals surface area contributed by atoms with E-state index < -0.39 is 111 Å². The number of nitrogens with one attached hydrogen (secondary N) is 6. The van der Waals surface area contributed by atoms with Crippen molar-refractivity contribution < 1.29 is 74.9 Å². The number of benzene rings is 4. The predicted molar refractivity (Wildman–Crippen MR) is 485 cm³/mol. The highest BCUT2D eigenvalue weighted by Crippen LogP contribution is 2.38. The van der Waals surface area contributed by atoms with Gasteiger partial charge in [0.05, 0.1) is 57.8 Å². The van der Waals surface area contributed by atoms with Gasteiger partial charge in [-0.3, -0.25) is 33.9 Å². The fourth-order valence-electron chi connectivity index (χ4n) is 17.1. The van der Waals surface area contributed by atoms with Gasteiger partial charge in [0.15, 0.2) is 34.9 Å². The highest BCUT2D eigenvalue weighted by Gasteiger charge is 2.44. The molecule has 14 rings (SSSR count). The van der Waals surface area contributed by atoms with E-state index in [1.165, 1.54) is 44.0 Å². The van der Waals surface area contributed by atoms with Gasteiger partial charge in [-0.2, -0.15) is 39.1 Å². The summed E-state index contributed by atoms with van der Waals surface area (Å²) in [5.74, 6) is -6.81. The van der Waals surface area contributed by atoms with E-state index in [0.29, 0.717) is 122 Å². The van der Waals surface area contributed by atoms with Crippen LogP contribution in [0.5, 0.6) is 0 Å². The summed E-state index contributed by atoms with van der Waals surface area (Å²) in [6.45, 7) is 40.4. The topological polar surface area (TPSA) is 340 Å². The van der Waals surface area contributed by atoms with Crippen LogP contribution >= 0.6 is 0 Å². The molecule has 710 valence electrons. The molecule has 0 unspecified atom stereocenters. The standard InChI is InChI=1S/C26H35F2N5O3.C25H33F2N5O3.C23H31F2N5O2.C21H29N5O2/c1-15(2)31-11-9-21-18(14-31)22(16-6-7-19(27)20(28)12-16)30-33(21)25(36)29-23(26(3,4)5)24(35)32-10-8-17(34)13-32;1-5-30-10-9-20-17(14-30)21(15-6-7-18(26)19(27)12-15)29-32(20)24(35)28-22(25(2,3)4)23(34)31-11-8-16(33)13-31;1-13(2)29-10-9-18-15(12-29)19(14-7-8-16(24)17(25)11-14)28-30(18)22(32)27-20(21(31)26-6)23(3,4)5;1-21(2,3)18(19(27)22-4)23-20(28)26-16-11-12-25(5)13-15(16)17(24-26)14-9-7-6-8-10-14/h6-7,12,15,17,23,34H,8-11,13-14H2,1-5H3,(H,29,36);6-7,12,16,22,33H,5,8-11,13-14H2,1-4H3,(H,28,35);7-8,11,13,20H,9-10,12H2,1-6H3,(H,26,31)(H,27,32);6-10,18H,11-13H2,1-5H3,(H,22,27)(H,23,28)/t17-,23+;16-,22+;20-;18-/m0011/s1. The first-order valence-electron chi connectivity index (χ1n) is 44.9. The van der Waals surface area contributed by atoms with E-state index in [1.807, 2.05) is 120 Å². The van der Waals surface area contributed by atoms with Gasteiger partial charge in [-0.15, -0.1) is 0 Å². The quantitative estimate of drug-likeness (QED) is 0.0442. The number of aliphatic hydroxyl groups is 2. The number of likely N-dealkylation sites (tertiary alicyclic amines) is 2. The number of aliphatic hydroxyl groups excluding tert-OH is 2. The molecule has 0 radical (unpaired) electrons. The van der Waals surface area contributed by atoms with E-state index in [0.717, 1.165) is 115 Å². The lowest BCUT2D eigenvalue weighted by Gasteiger charge is -2.33. The third-order valence-electron chi connectivity index (χ3n) is 24.9. The Morgan fingerprint density at radius 1 is 0.397 bits per heavy atom. The van der Waals surface area contributed by atoms with E-state index in [9.17, 15) is 74.9 Å². The molecule has 8 N–H and O–H groups in total. The lowest BCUT2D eigenvalue weighted by molar-refractivity contribution is -0.135. The summed E-state index contributed by atoms with van der Waals surface area (Å²) in [6, 6.07) is 16.1. The smallest absolute Gasteiger partial charge is 0.343 e. The van der Waals surface area contributed by atoms with Crippen molar-refractivity contribution in [1.29, 1.82) is 0 Å². The van der Waals surface area contributed by atoms with Crippen LogP contribution in [0.25, 0.3) is 45.0 Å². The number of halogens is 6. The van der Waals surface area contributed by atoms with Crippen LogP contribution < -0.4 is 31.9 Å². The lowest BCUT2D eigenvalue weighted by Crippen LogP contribution is -2.55. The Balaban J connectivity index is 0.000000169. The van der Waals surface area contributed by atoms with Crippen molar-refractivity contribution in [2.45, 2.75) is 231 Å². The van der Waals surface area contributed by atoms with E-state index in [1.54, 1.807) is 16.8 Å². The minimum absolute atomic E-state index is 0.218. The minimum atomic E-state index is -0.983. The van der Waals surface area contributed by atoms with Crippen LogP contribution in [-0.4, -0.2) is 255 Å². The lowest BCUT2D eigenvalue weighted by atomic mass is 9.86. The fourth-order valence-corrected chi connectivity index (χ4v) is 17.1. The van der Waals surface area contributed by atoms with Crippen LogP contribution in [0.3, 0.4) is 0 Å². The Hall–Kier alpha value is -11.2. The molecule has 2 fully saturated rings. The molecule has 8 amide bonds. The number of hydrogen-bond donors (Lipinski definition) is 8. The van der Waals surface area contributed by atoms with Crippen LogP contribution in [-0.2, 0) is 71.0 Å². The van der Waals surface area contributed by atoms with Gasteiger partial charge < -0.3 is 56.8 Å². The molecule has 0 spiro atoms. The minimum Gasteiger partial charge on any atom is -0.391 e. The maximum Gasteiger partial charge on any atom is 0.343 e. The summed E-state index contributed by atoms with van der Waals surface area (Å²) in [5, 5.41) is 54.6. The number of carbonyl (C=O) groups is 8. The van der Waals surface area contributed by atoms with Crippen molar-refractivity contribution in [2.75, 3.05) is 80.0 Å². The van der Waals surface area contributed by atoms with E-state index in [2.05, 4.69) is 107 Å². The molecule has 8 aromatic rings. The van der Waals surface area contributed by atoms with Gasteiger partial charge in [-0.25, -0.2) is 45.5 Å². The average Bonchev–Trinajstić information content (AvgIpc) is 1.63. The van der Waals surface area contributed by atoms with Crippen LogP contribution in [0, 0.1) is 56.6 Å². The number of nitrogens with zero attached hydrogens (tertiary/aromatic N) is 14. The summed E-state index contributed by atoms with van der Waals surface area (Å²) in [5.41, 5.74) is 8.61. The molecule has 0 aliphatic carbocycles. The molecule has 2 saturated heterocycles. The molecule has 4 aromatic heterocycles. The summed E-state index contributed by atoms with van der Waals surface area (Å²) in [7, 11) is 5.16. The molecule has 30 nitrogen and oxygen atoms in total. The van der Waals surface area contributed by atoms with Crippen molar-refractivity contribution in [3.8, 4) is 45.0 Å². The van der Waals surface area contributed by atoms with E-state index in [-0.39, 0.29) is 54.8 Å². The first-order chi connectivity index (χ1) is 61.5. The molecule has 0 bridgehead atoms. The van der Waals surface area contributed by atoms with Gasteiger partial charge >= 0.3 is 24.1 Å². The Morgan fingerprint density at radius 2 is 0.702 bits per heavy atom. The van der Waals surface area contributed by atoms with Crippen molar-refractivity contribution in [3.63, 3.8) is 0 Å². The number of β-amino-alcohol motifs (C(OH)–C–C–N with tert-alkyl or cyclic N) is 2. The first-order valence-corrected chi connectivity index (χ1v) is 44.9. The van der Waals surface area contributed by atoms with Gasteiger partial charge in [0.1, 0.15) is 24.2 Å². The SMILES string of the molecule is CC(C)N1CCc2c(c(-c3ccc(F)c(F)c3)nn2C(=O)N[C@H](C(=O)N2CC[C@H](O)C2)C(C)(C)C)C1.CCN1CCc2c(c(-c3ccc(F)c(F)c3)nn2C(=O)N[C@H](C(=O)N2CC[C@H](O)C2)C(C)(C)C)C1.CNC(=O)[C@@H](NC(=O)n1nc(-c2ccc(F)c(F)c2)c2c1CCN(C(C)C)C2)C(C)(C)C.CNC(=O)[C@@H](NC(=O)n1nc(-c2ccccc2)c2c1CCN(C)C2)C(C)(C)C. The Bertz CT molecular complexity index is 5510. The van der Waals surface area contributed by atoms with Crippen LogP contribution in [0.1, 0.15) is 176 Å². The molecule has 36 heteroatoms. The third kappa shape index (κ3) is 23.3. The van der Waals surface area contributed by atoms with Gasteiger partial charge in [0.25, 0.3) is 0 Å². The first kappa shape index (κ1) is 100. The van der Waals surface area contributed by atoms with Crippen LogP contribution in [0.4, 0.5) is 45.5 Å². The molecule has 6 aliphatic heterocycles. The zero-order valence-corrected chi connectivity index (χ0v) is 78.8. The van der Waals surface area contributed by atoms with E-state index in [4.69, 9.17) is 0 Å². The zero-order valence-electron chi connectivity index (χ0n) is 78.8. The average molecular weight is 1820 g/mol. The van der Waals surface area contributed by atoms with Gasteiger partial charge in [-0.05, 0) is 130 Å². The summed E-state index contributed by atoms with van der Waals surface area (Å²) >= 11 is 0. The maximum atomic E-state index is 14.1. The largest absolute Gasteiger partial charge is 0.391 e. The Kier molecular flexibility index (Phi) is 31.7. The van der Waals surface area contributed by atoms with Gasteiger partial charge in [-0.1, -0.05) is 120 Å². The summed E-state index contributed by atoms with van der Waals surface area (Å²) < 4.78 is 88.0. The number of likely N-dealkylation sites (N-methyl/N-ethyl adjacent to an activating group) is 4. The highest BCUT2D eigenvalue weighted by atomic mass is 19.2. The second kappa shape index (κ2) is 41.3. The second-order valence-electron chi connectivity index (χ2n) is 39.4. The second-order valence-corrected chi connectivity index (χ2v) is 39.4. The maximum absolute atomic E-state index is 14.1. The Labute approximate surface area is 762 Å². The molecule has 6 aliphatic rings. The highest BCUT2D eigenvalue weighted by molar-refractivity contribution is 5.92. The number of carbonyl (C=O) groups excluding carboxylic acids is 8. The van der Waals surface area contributed by atoms with Gasteiger partial charge in [0, 0.05) is 175 Å². The van der Waals surface area contributed by atoms with E-state index >= 15 is 0 Å². The van der Waals surface area contributed by atoms with Crippen molar-refractivity contribution in [2.24, 2.45) is 21.7 Å². The zero-order chi connectivity index (χ0) is 96.1. The molecule has 10 heterocycles. The van der Waals surface area contributed by atoms with Crippen molar-refractivity contribution >= 4 is 47.8 Å². The monoisotopic (exact) mass is 1820 g/mol. The van der Waals surface area contributed by atoms with Crippen molar-refractivity contribution in [1.82, 2.24) is 100 Å². The summed E-state index contributed by atoms with van der Waals surface area (Å²) in [4.78, 5) is 117. The number of rotatable bonds is 15. The summed E-state index contributed by atoms with van der Waals surface area (Å²) in [6.07, 6.45) is 2.29. The normalized spacial score (nSPS) is 17.7. The fraction of sp³-hybridized carbons (Fsp3) is 0.537. The molecular formula is C95H128F6N20O10. The van der Waals surface area contributed by atoms with Gasteiger partial charge in [0.2, 0.25) is 23.6 Å². The Morgan fingerprint density at radius 3 is 1.00 bits per heavy atom. The predicted octanol–water partition coefficient (Wildman–Crippen LogP) is 11.5. The molecule has 0 saturated carbocycles. The number of amides is 8. The molecular weight excluding hydrogens is 1700 g/mol. The molecule has 131 heavy (non-hydrogen) atoms. The third-order valence-corrected chi connectivity index (χ3v) is 24.9. The molecule has 4 aromatic carbocycles.